The molecule has 0 fully saturated rings. The summed E-state index contributed by atoms with van der Waals surface area (Å²) in [7, 11) is 0. The third kappa shape index (κ3) is 16.0. The Balaban J connectivity index is 0.00000541. The van der Waals surface area contributed by atoms with Gasteiger partial charge < -0.3 is 106 Å². The Morgan fingerprint density at radius 2 is 0.621 bits per heavy atom. The molecule has 8 nitrogen and oxygen atoms in total. The smallest absolute Gasteiger partial charge is 0.148 e. The number of benzene rings is 4. The van der Waals surface area contributed by atoms with Crippen LogP contribution in [0.2, 0.25) is 0 Å². The molecule has 0 spiro atoms. The van der Waals surface area contributed by atoms with Crippen LogP contribution in [0.3, 0.4) is 0 Å². The van der Waals surface area contributed by atoms with Gasteiger partial charge in [0.15, 0.2) is 0 Å². The number of nitrogens with zero attached hydrogens (tertiary/aromatic N) is 2. The molecule has 58 heavy (non-hydrogen) atoms. The molecule has 0 bridgehead atoms. The molecule has 2 atom stereocenters. The first kappa shape index (κ1) is 55.7. The van der Waals surface area contributed by atoms with Gasteiger partial charge in [-0.25, -0.2) is 9.97 Å². The molecule has 12 N–H and O–H groups in total. The van der Waals surface area contributed by atoms with Crippen molar-refractivity contribution < 1.29 is 106 Å². The van der Waals surface area contributed by atoms with Crippen molar-refractivity contribution >= 4 is 55.0 Å². The lowest BCUT2D eigenvalue weighted by Crippen LogP contribution is -3.13. The van der Waals surface area contributed by atoms with E-state index in [0.29, 0.717) is 0 Å². The minimum atomic E-state index is 0. The molecule has 2 aromatic heterocycles. The second-order valence-corrected chi connectivity index (χ2v) is 14.6. The zero-order valence-electron chi connectivity index (χ0n) is 33.7. The van der Waals surface area contributed by atoms with Crippen molar-refractivity contribution in [1.82, 2.24) is 9.97 Å². The first-order valence-electron chi connectivity index (χ1n) is 20.2. The van der Waals surface area contributed by atoms with E-state index in [9.17, 15) is 0 Å². The number of hydrogen-bond acceptors (Lipinski definition) is 2. The average molecular weight is 918 g/mol. The lowest BCUT2D eigenvalue weighted by atomic mass is 10.1. The Bertz CT molecular complexity index is 1750. The van der Waals surface area contributed by atoms with E-state index in [1.807, 2.05) is 0 Å². The highest BCUT2D eigenvalue weighted by molar-refractivity contribution is 6.04. The number of hydrogen-bond donors (Lipinski definition) is 6. The van der Waals surface area contributed by atoms with E-state index in [0.717, 1.165) is 48.2 Å². The molecule has 0 saturated carbocycles. The molecule has 322 valence electrons. The minimum Gasteiger partial charge on any atom is -1.00 e. The molecule has 0 aliphatic rings. The van der Waals surface area contributed by atoms with E-state index in [1.165, 1.54) is 124 Å². The lowest BCUT2D eigenvalue weighted by molar-refractivity contribution is -0.908. The van der Waals surface area contributed by atoms with Crippen LogP contribution in [0.1, 0.15) is 51.4 Å². The summed E-state index contributed by atoms with van der Waals surface area (Å²) in [5, 5.41) is 9.99. The predicted octanol–water partition coefficient (Wildman–Crippen LogP) is -16.4. The van der Waals surface area contributed by atoms with E-state index in [-0.39, 0.29) is 74.4 Å². The highest BCUT2D eigenvalue weighted by atomic mass is 35.5. The number of para-hydroxylation sites is 4. The Kier molecular flexibility index (Phi) is 29.5. The third-order valence-electron chi connectivity index (χ3n) is 10.8. The van der Waals surface area contributed by atoms with Gasteiger partial charge in [0.1, 0.15) is 11.4 Å². The number of halogens is 6. The highest BCUT2D eigenvalue weighted by Gasteiger charge is 2.16. The molecule has 14 heteroatoms. The van der Waals surface area contributed by atoms with E-state index in [4.69, 9.17) is 9.97 Å². The number of nitrogens with one attached hydrogen (secondary N) is 2. The molecule has 0 amide bonds. The largest absolute Gasteiger partial charge is 1.00 e. The monoisotopic (exact) mass is 914 g/mol. The van der Waals surface area contributed by atoms with Crippen LogP contribution in [0, 0.1) is 0 Å². The average Bonchev–Trinajstić information content (AvgIpc) is 3.18. The number of fused-ring (bicyclic) bond motifs is 4. The fraction of sp³-hybridized carbons (Fsp3) is 0.409. The highest BCUT2D eigenvalue weighted by Crippen LogP contribution is 2.28. The minimum absolute atomic E-state index is 0. The summed E-state index contributed by atoms with van der Waals surface area (Å²) in [5.74, 6) is 0. The van der Waals surface area contributed by atoms with Crippen molar-refractivity contribution in [2.75, 3.05) is 65.4 Å². The van der Waals surface area contributed by atoms with Crippen LogP contribution in [-0.2, 0) is 0 Å². The van der Waals surface area contributed by atoms with Crippen molar-refractivity contribution in [3.63, 3.8) is 0 Å². The first-order chi connectivity index (χ1) is 25.7. The van der Waals surface area contributed by atoms with Crippen LogP contribution >= 0.6 is 0 Å². The van der Waals surface area contributed by atoms with Gasteiger partial charge in [-0.3, -0.25) is 0 Å². The number of aromatic nitrogens is 2. The summed E-state index contributed by atoms with van der Waals surface area (Å²) in [6.07, 6.45) is 10.1. The van der Waals surface area contributed by atoms with Crippen LogP contribution in [0.25, 0.3) is 43.6 Å². The number of nitrogens with two attached hydrogens (primary N) is 2. The normalized spacial score (nSPS) is 11.7. The summed E-state index contributed by atoms with van der Waals surface area (Å²) in [6.45, 7) is 11.9. The van der Waals surface area contributed by atoms with E-state index < -0.39 is 0 Å². The maximum absolute atomic E-state index is 4.91. The van der Waals surface area contributed by atoms with Crippen LogP contribution in [0.4, 0.5) is 11.4 Å². The van der Waals surface area contributed by atoms with Crippen molar-refractivity contribution in [3.8, 4) is 0 Å². The van der Waals surface area contributed by atoms with Gasteiger partial charge in [-0.1, -0.05) is 48.5 Å². The van der Waals surface area contributed by atoms with Gasteiger partial charge in [0.2, 0.25) is 0 Å². The Hall–Kier alpha value is -2.28. The zero-order chi connectivity index (χ0) is 35.8. The predicted molar refractivity (Wildman–Crippen MR) is 215 cm³/mol. The summed E-state index contributed by atoms with van der Waals surface area (Å²) < 4.78 is 0. The number of pyridine rings is 2. The zero-order valence-corrected chi connectivity index (χ0v) is 38.2. The molecule has 0 aliphatic carbocycles. The van der Waals surface area contributed by atoms with Gasteiger partial charge in [0, 0.05) is 51.4 Å². The van der Waals surface area contributed by atoms with Gasteiger partial charge in [-0.2, -0.15) is 0 Å². The Labute approximate surface area is 382 Å². The summed E-state index contributed by atoms with van der Waals surface area (Å²) in [5.41, 5.74) is 15.3. The second-order valence-electron chi connectivity index (χ2n) is 14.6. The van der Waals surface area contributed by atoms with Gasteiger partial charge in [-0.05, 0) is 48.5 Å². The van der Waals surface area contributed by atoms with E-state index in [1.54, 1.807) is 9.80 Å². The fourth-order valence-corrected chi connectivity index (χ4v) is 7.97. The molecule has 0 saturated heterocycles. The standard InChI is InChI=1S/C44H58N8.6ClH/c45-25-15-33-51(29-11-9-27-47-43-35-17-1-5-21-39(35)49-40-22-6-2-18-36(40)43)31-13-14-32-52(34-16-26-46)30-12-10-28-48-44-37-19-3-7-23-41(37)50-42-24-8-4-20-38(42)44;;;;;;/h1-8,17-24H,9-16,25-34,45-46H2,(H,47,49)(H,48,50);6*1H. The molecule has 2 unspecified atom stereocenters. The number of rotatable bonds is 23. The Morgan fingerprint density at radius 3 is 0.914 bits per heavy atom. The van der Waals surface area contributed by atoms with E-state index in [2.05, 4.69) is 119 Å². The van der Waals surface area contributed by atoms with Crippen LogP contribution < -0.4 is 106 Å². The third-order valence-corrected chi connectivity index (χ3v) is 10.8. The van der Waals surface area contributed by atoms with Crippen LogP contribution in [0.15, 0.2) is 97.1 Å². The Morgan fingerprint density at radius 1 is 0.362 bits per heavy atom. The molecular formula is C44H64Cl6N8. The molecule has 6 aromatic rings. The van der Waals surface area contributed by atoms with Gasteiger partial charge in [0.05, 0.1) is 109 Å². The van der Waals surface area contributed by atoms with Gasteiger partial charge in [0.25, 0.3) is 0 Å². The van der Waals surface area contributed by atoms with Gasteiger partial charge >= 0.3 is 0 Å². The summed E-state index contributed by atoms with van der Waals surface area (Å²) in [4.78, 5) is 13.4. The molecule has 2 heterocycles. The topological polar surface area (TPSA) is 123 Å². The second kappa shape index (κ2) is 30.7. The number of quaternary nitrogens is 6. The quantitative estimate of drug-likeness (QED) is 0.0283. The lowest BCUT2D eigenvalue weighted by Gasteiger charge is -2.21. The van der Waals surface area contributed by atoms with Crippen LogP contribution in [-0.4, -0.2) is 75.4 Å². The van der Waals surface area contributed by atoms with Crippen molar-refractivity contribution in [3.05, 3.63) is 97.1 Å². The van der Waals surface area contributed by atoms with Crippen LogP contribution in [0.5, 0.6) is 0 Å². The molecule has 0 radical (unpaired) electrons. The molecule has 6 rings (SSSR count). The molecule has 4 aromatic carbocycles. The van der Waals surface area contributed by atoms with Crippen molar-refractivity contribution in [1.29, 1.82) is 0 Å². The fourth-order valence-electron chi connectivity index (χ4n) is 7.97. The summed E-state index contributed by atoms with van der Waals surface area (Å²) >= 11 is 0. The SMILES string of the molecule is [Cl-].[Cl-].[Cl-].[Cl-].[Cl-].[Cl-].[NH3+]CCC[NH+](CCCC[NH2+]c1c2ccccc2nc2ccccc12)CCCC[NH+](CCC[NH3+])CCCC[NH2+]c1c2ccccc2nc2ccccc12. The molecular weight excluding hydrogens is 853 g/mol. The number of unbranched alkanes of at least 4 members (excludes halogenated alkanes) is 3. The van der Waals surface area contributed by atoms with Crippen molar-refractivity contribution in [2.24, 2.45) is 0 Å². The van der Waals surface area contributed by atoms with Gasteiger partial charge in [-0.15, -0.1) is 0 Å². The summed E-state index contributed by atoms with van der Waals surface area (Å²) in [6, 6.07) is 34.3. The van der Waals surface area contributed by atoms with E-state index >= 15 is 0 Å². The maximum Gasteiger partial charge on any atom is 0.148 e. The molecule has 0 aliphatic heterocycles. The maximum atomic E-state index is 4.91. The first-order valence-corrected chi connectivity index (χ1v) is 20.2. The van der Waals surface area contributed by atoms with Crippen molar-refractivity contribution in [2.45, 2.75) is 51.4 Å².